The number of carbonyl (C=O) groups excluding carboxylic acids is 1. The molecule has 20 heavy (non-hydrogen) atoms. The summed E-state index contributed by atoms with van der Waals surface area (Å²) in [5.74, 6) is 0.0261. The van der Waals surface area contributed by atoms with Gasteiger partial charge in [0.1, 0.15) is 0 Å². The topological polar surface area (TPSA) is 87.1 Å². The zero-order valence-electron chi connectivity index (χ0n) is 13.4. The molecule has 0 aromatic carbocycles. The molecule has 0 bridgehead atoms. The highest BCUT2D eigenvalue weighted by Crippen LogP contribution is 2.23. The summed E-state index contributed by atoms with van der Waals surface area (Å²) in [5.41, 5.74) is 8.26. The van der Waals surface area contributed by atoms with Crippen molar-refractivity contribution in [1.82, 2.24) is 5.32 Å². The molecule has 0 aliphatic rings. The number of nitrogens with zero attached hydrogens (tertiary/aromatic N) is 3. The molecule has 6 nitrogen and oxygen atoms in total. The van der Waals surface area contributed by atoms with Crippen molar-refractivity contribution in [3.05, 3.63) is 10.4 Å². The van der Waals surface area contributed by atoms with E-state index in [0.29, 0.717) is 6.54 Å². The van der Waals surface area contributed by atoms with Gasteiger partial charge in [-0.05, 0) is 56.6 Å². The van der Waals surface area contributed by atoms with Gasteiger partial charge in [0.2, 0.25) is 5.91 Å². The molecule has 8 heteroatoms. The summed E-state index contributed by atoms with van der Waals surface area (Å²) < 4.78 is 6.44. The summed E-state index contributed by atoms with van der Waals surface area (Å²) in [7, 11) is -3.35. The van der Waals surface area contributed by atoms with E-state index in [4.69, 9.17) is 9.65 Å². The molecule has 0 saturated heterocycles. The fraction of sp³-hybridized carbons (Fsp3) is 0.917. The van der Waals surface area contributed by atoms with E-state index >= 15 is 0 Å². The first-order chi connectivity index (χ1) is 9.18. The van der Waals surface area contributed by atoms with E-state index in [1.807, 2.05) is 0 Å². The highest BCUT2D eigenvalue weighted by atomic mass is 28.4. The Balaban J connectivity index is 4.07. The van der Waals surface area contributed by atoms with Crippen LogP contribution in [0, 0.1) is 0 Å². The van der Waals surface area contributed by atoms with Crippen LogP contribution in [-0.4, -0.2) is 35.6 Å². The minimum absolute atomic E-state index is 0.0261. The predicted molar refractivity (Wildman–Crippen MR) is 87.6 cm³/mol. The lowest BCUT2D eigenvalue weighted by molar-refractivity contribution is -0.118. The summed E-state index contributed by atoms with van der Waals surface area (Å²) in [6.45, 7) is 11.8. The first-order valence-corrected chi connectivity index (χ1v) is 13.4. The van der Waals surface area contributed by atoms with Crippen LogP contribution in [0.1, 0.15) is 19.8 Å². The average molecular weight is 317 g/mol. The molecular weight excluding hydrogens is 288 g/mol. The van der Waals surface area contributed by atoms with Crippen LogP contribution >= 0.6 is 0 Å². The Morgan fingerprint density at radius 3 is 2.25 bits per heavy atom. The Morgan fingerprint density at radius 2 is 1.75 bits per heavy atom. The molecule has 0 heterocycles. The fourth-order valence-corrected chi connectivity index (χ4v) is 11.1. The van der Waals surface area contributed by atoms with Crippen LogP contribution in [0.3, 0.4) is 0 Å². The van der Waals surface area contributed by atoms with Crippen LogP contribution in [0.5, 0.6) is 0 Å². The molecule has 1 amide bonds. The smallest absolute Gasteiger partial charge is 0.216 e. The second-order valence-corrected chi connectivity index (χ2v) is 15.1. The normalized spacial score (nSPS) is 11.8. The standard InChI is InChI=1S/C12H28N4O2Si2/c1-12(17)14-8-6-10-19(2,3)18-20(4,5)11-7-9-15-16-13/h6-11H2,1-5H3,(H,14,17). The van der Waals surface area contributed by atoms with Gasteiger partial charge in [0, 0.05) is 24.9 Å². The van der Waals surface area contributed by atoms with Gasteiger partial charge >= 0.3 is 0 Å². The quantitative estimate of drug-likeness (QED) is 0.219. The van der Waals surface area contributed by atoms with E-state index in [1.165, 1.54) is 0 Å². The summed E-state index contributed by atoms with van der Waals surface area (Å²) in [6, 6.07) is 2.08. The summed E-state index contributed by atoms with van der Waals surface area (Å²) in [5, 5.41) is 6.39. The molecule has 0 saturated carbocycles. The third-order valence-electron chi connectivity index (χ3n) is 2.98. The van der Waals surface area contributed by atoms with Gasteiger partial charge in [-0.1, -0.05) is 5.11 Å². The van der Waals surface area contributed by atoms with Crippen molar-refractivity contribution in [1.29, 1.82) is 0 Å². The minimum atomic E-state index is -1.68. The molecule has 0 rings (SSSR count). The fourth-order valence-electron chi connectivity index (χ4n) is 2.25. The molecule has 0 fully saturated rings. The van der Waals surface area contributed by atoms with Gasteiger partial charge in [0.15, 0.2) is 16.6 Å². The van der Waals surface area contributed by atoms with Crippen LogP contribution in [0.2, 0.25) is 38.3 Å². The molecule has 0 atom stereocenters. The van der Waals surface area contributed by atoms with Crippen molar-refractivity contribution in [3.8, 4) is 0 Å². The number of carbonyl (C=O) groups is 1. The molecule has 0 unspecified atom stereocenters. The van der Waals surface area contributed by atoms with Crippen molar-refractivity contribution in [2.45, 2.75) is 58.0 Å². The van der Waals surface area contributed by atoms with Gasteiger partial charge in [0.05, 0.1) is 0 Å². The van der Waals surface area contributed by atoms with Crippen LogP contribution in [0.15, 0.2) is 5.11 Å². The average Bonchev–Trinajstić information content (AvgIpc) is 2.29. The van der Waals surface area contributed by atoms with Crippen molar-refractivity contribution in [2.75, 3.05) is 13.1 Å². The third kappa shape index (κ3) is 11.0. The second-order valence-electron chi connectivity index (χ2n) is 6.27. The highest BCUT2D eigenvalue weighted by molar-refractivity contribution is 6.84. The second kappa shape index (κ2) is 9.17. The SMILES string of the molecule is CC(=O)NCCC[Si](C)(C)O[Si](C)(C)CCCN=[N+]=[N-]. The van der Waals surface area contributed by atoms with Gasteiger partial charge in [-0.15, -0.1) is 0 Å². The Morgan fingerprint density at radius 1 is 1.20 bits per heavy atom. The van der Waals surface area contributed by atoms with Gasteiger partial charge in [0.25, 0.3) is 0 Å². The molecule has 0 aliphatic heterocycles. The number of amides is 1. The molecular formula is C12H28N4O2Si2. The minimum Gasteiger partial charge on any atom is -0.455 e. The number of azide groups is 1. The number of nitrogens with one attached hydrogen (secondary N) is 1. The summed E-state index contributed by atoms with van der Waals surface area (Å²) in [4.78, 5) is 13.6. The van der Waals surface area contributed by atoms with Crippen LogP contribution < -0.4 is 5.32 Å². The third-order valence-corrected chi connectivity index (χ3v) is 10.5. The monoisotopic (exact) mass is 316 g/mol. The lowest BCUT2D eigenvalue weighted by Crippen LogP contribution is -2.44. The maximum atomic E-state index is 10.8. The molecule has 0 aliphatic carbocycles. The van der Waals surface area contributed by atoms with Crippen molar-refractivity contribution in [2.24, 2.45) is 5.11 Å². The van der Waals surface area contributed by atoms with E-state index in [2.05, 4.69) is 41.5 Å². The van der Waals surface area contributed by atoms with Gasteiger partial charge in [-0.25, -0.2) is 0 Å². The first-order valence-electron chi connectivity index (χ1n) is 7.14. The molecule has 0 aromatic heterocycles. The lowest BCUT2D eigenvalue weighted by atomic mass is 10.5. The number of hydrogen-bond donors (Lipinski definition) is 1. The zero-order valence-corrected chi connectivity index (χ0v) is 15.4. The molecule has 0 aromatic rings. The maximum absolute atomic E-state index is 10.8. The van der Waals surface area contributed by atoms with E-state index < -0.39 is 16.6 Å². The van der Waals surface area contributed by atoms with Crippen LogP contribution in [0.4, 0.5) is 0 Å². The Labute approximate surface area is 124 Å². The highest BCUT2D eigenvalue weighted by Gasteiger charge is 2.32. The van der Waals surface area contributed by atoms with E-state index in [0.717, 1.165) is 31.5 Å². The first kappa shape index (κ1) is 19.2. The molecule has 1 N–H and O–H groups in total. The maximum Gasteiger partial charge on any atom is 0.216 e. The van der Waals surface area contributed by atoms with Crippen molar-refractivity contribution >= 4 is 22.5 Å². The van der Waals surface area contributed by atoms with Crippen LogP contribution in [-0.2, 0) is 8.91 Å². The zero-order chi connectivity index (χ0) is 15.6. The number of rotatable bonds is 10. The van der Waals surface area contributed by atoms with Gasteiger partial charge in [-0.3, -0.25) is 4.79 Å². The summed E-state index contributed by atoms with van der Waals surface area (Å²) >= 11 is 0. The molecule has 116 valence electrons. The van der Waals surface area contributed by atoms with Gasteiger partial charge < -0.3 is 9.43 Å². The largest absolute Gasteiger partial charge is 0.455 e. The summed E-state index contributed by atoms with van der Waals surface area (Å²) in [6.07, 6.45) is 1.88. The predicted octanol–water partition coefficient (Wildman–Crippen LogP) is 3.64. The van der Waals surface area contributed by atoms with Crippen molar-refractivity contribution in [3.63, 3.8) is 0 Å². The molecule has 0 radical (unpaired) electrons. The van der Waals surface area contributed by atoms with E-state index in [9.17, 15) is 4.79 Å². The van der Waals surface area contributed by atoms with E-state index in [1.54, 1.807) is 6.92 Å². The molecule has 0 spiro atoms. The van der Waals surface area contributed by atoms with E-state index in [-0.39, 0.29) is 5.91 Å². The number of hydrogen-bond acceptors (Lipinski definition) is 3. The Hall–Kier alpha value is -0.826. The van der Waals surface area contributed by atoms with Crippen molar-refractivity contribution < 1.29 is 8.91 Å². The Kier molecular flexibility index (Phi) is 8.79. The van der Waals surface area contributed by atoms with Crippen LogP contribution in [0.25, 0.3) is 10.4 Å². The lowest BCUT2D eigenvalue weighted by Gasteiger charge is -2.34. The van der Waals surface area contributed by atoms with Gasteiger partial charge in [-0.2, -0.15) is 0 Å². The Bertz CT molecular complexity index is 355.